The second-order valence-corrected chi connectivity index (χ2v) is 3.29. The number of hydrogen-bond acceptors (Lipinski definition) is 3. The smallest absolute Gasteiger partial charge is 0.243 e. The van der Waals surface area contributed by atoms with E-state index in [4.69, 9.17) is 0 Å². The van der Waals surface area contributed by atoms with Gasteiger partial charge in [-0.15, -0.1) is 0 Å². The van der Waals surface area contributed by atoms with E-state index in [-0.39, 0.29) is 11.8 Å². The van der Waals surface area contributed by atoms with Gasteiger partial charge in [0.2, 0.25) is 5.91 Å². The zero-order valence-corrected chi connectivity index (χ0v) is 7.68. The molecule has 0 bridgehead atoms. The Morgan fingerprint density at radius 3 is 2.86 bits per heavy atom. The molecule has 0 unspecified atom stereocenters. The number of amides is 1. The molecule has 0 aliphatic heterocycles. The largest absolute Gasteiger partial charge is 0.273 e. The summed E-state index contributed by atoms with van der Waals surface area (Å²) in [7, 11) is 0. The molecule has 1 N–H and O–H groups in total. The van der Waals surface area contributed by atoms with E-state index < -0.39 is 0 Å². The summed E-state index contributed by atoms with van der Waals surface area (Å²) >= 11 is 0. The molecule has 1 aromatic heterocycles. The number of rotatable bonds is 3. The first-order chi connectivity index (χ1) is 6.86. The molecule has 2 rings (SSSR count). The highest BCUT2D eigenvalue weighted by Crippen LogP contribution is 2.28. The van der Waals surface area contributed by atoms with Gasteiger partial charge in [-0.1, -0.05) is 0 Å². The van der Waals surface area contributed by atoms with Gasteiger partial charge in [-0.2, -0.15) is 5.10 Å². The Kier molecular flexibility index (Phi) is 2.53. The lowest BCUT2D eigenvalue weighted by molar-refractivity contribution is -0.122. The number of nitrogens with zero attached hydrogens (tertiary/aromatic N) is 2. The fourth-order valence-electron chi connectivity index (χ4n) is 1.06. The molecule has 1 aliphatic carbocycles. The average molecular weight is 189 g/mol. The second-order valence-electron chi connectivity index (χ2n) is 3.29. The minimum atomic E-state index is 0.0234. The molecule has 4 heteroatoms. The van der Waals surface area contributed by atoms with Crippen LogP contribution in [0.2, 0.25) is 0 Å². The zero-order chi connectivity index (χ0) is 9.80. The molecule has 1 amide bonds. The number of aromatic nitrogens is 1. The van der Waals surface area contributed by atoms with E-state index in [1.165, 1.54) is 0 Å². The fraction of sp³-hybridized carbons (Fsp3) is 0.300. The lowest BCUT2D eigenvalue weighted by atomic mass is 10.3. The van der Waals surface area contributed by atoms with Crippen LogP contribution < -0.4 is 5.43 Å². The molecule has 0 atom stereocenters. The van der Waals surface area contributed by atoms with Crippen LogP contribution in [-0.4, -0.2) is 17.1 Å². The molecule has 0 radical (unpaired) electrons. The Morgan fingerprint density at radius 1 is 1.50 bits per heavy atom. The highest BCUT2D eigenvalue weighted by molar-refractivity contribution is 5.84. The molecule has 0 saturated heterocycles. The predicted octanol–water partition coefficient (Wildman–Crippen LogP) is 0.942. The Labute approximate surface area is 82.0 Å². The monoisotopic (exact) mass is 189 g/mol. The minimum absolute atomic E-state index is 0.0234. The van der Waals surface area contributed by atoms with Crippen LogP contribution in [0.15, 0.2) is 29.6 Å². The summed E-state index contributed by atoms with van der Waals surface area (Å²) in [6.45, 7) is 0. The second kappa shape index (κ2) is 4.00. The number of carbonyl (C=O) groups excluding carboxylic acids is 1. The van der Waals surface area contributed by atoms with Crippen LogP contribution in [0.5, 0.6) is 0 Å². The number of pyridine rings is 1. The van der Waals surface area contributed by atoms with Crippen molar-refractivity contribution in [2.24, 2.45) is 11.0 Å². The molecule has 1 heterocycles. The first kappa shape index (κ1) is 8.87. The van der Waals surface area contributed by atoms with Gasteiger partial charge in [0.15, 0.2) is 0 Å². The zero-order valence-electron chi connectivity index (χ0n) is 7.68. The van der Waals surface area contributed by atoms with Crippen LogP contribution in [0.1, 0.15) is 18.4 Å². The summed E-state index contributed by atoms with van der Waals surface area (Å²) in [5.74, 6) is 0.222. The van der Waals surface area contributed by atoms with Crippen LogP contribution in [-0.2, 0) is 4.79 Å². The lowest BCUT2D eigenvalue weighted by Crippen LogP contribution is -2.18. The van der Waals surface area contributed by atoms with Crippen molar-refractivity contribution in [3.8, 4) is 0 Å². The Balaban J connectivity index is 1.85. The van der Waals surface area contributed by atoms with E-state index in [2.05, 4.69) is 15.5 Å². The van der Waals surface area contributed by atoms with Crippen LogP contribution >= 0.6 is 0 Å². The summed E-state index contributed by atoms with van der Waals surface area (Å²) in [4.78, 5) is 15.0. The van der Waals surface area contributed by atoms with Gasteiger partial charge < -0.3 is 0 Å². The van der Waals surface area contributed by atoms with Gasteiger partial charge in [-0.3, -0.25) is 9.78 Å². The highest BCUT2D eigenvalue weighted by atomic mass is 16.2. The first-order valence-corrected chi connectivity index (χ1v) is 4.59. The Bertz CT molecular complexity index is 344. The van der Waals surface area contributed by atoms with E-state index in [1.54, 1.807) is 18.6 Å². The van der Waals surface area contributed by atoms with Gasteiger partial charge in [0.05, 0.1) is 6.21 Å². The standard InChI is InChI=1S/C10H11N3O/c14-10(9-1-2-9)13-12-7-8-3-5-11-6-4-8/h3-7,9H,1-2H2,(H,13,14)/b12-7+. The average Bonchev–Trinajstić information content (AvgIpc) is 3.02. The van der Waals surface area contributed by atoms with Gasteiger partial charge >= 0.3 is 0 Å². The molecule has 1 saturated carbocycles. The van der Waals surface area contributed by atoms with E-state index in [1.807, 2.05) is 12.1 Å². The highest BCUT2D eigenvalue weighted by Gasteiger charge is 2.29. The number of carbonyl (C=O) groups is 1. The SMILES string of the molecule is O=C(N/N=C/c1ccncc1)C1CC1. The summed E-state index contributed by atoms with van der Waals surface area (Å²) in [6.07, 6.45) is 6.98. The molecule has 1 aliphatic rings. The molecule has 0 aromatic carbocycles. The van der Waals surface area contributed by atoms with Gasteiger partial charge in [-0.25, -0.2) is 5.43 Å². The van der Waals surface area contributed by atoms with Gasteiger partial charge in [0.25, 0.3) is 0 Å². The summed E-state index contributed by atoms with van der Waals surface area (Å²) in [5, 5.41) is 3.85. The van der Waals surface area contributed by atoms with E-state index in [0.29, 0.717) is 0 Å². The van der Waals surface area contributed by atoms with Crippen molar-refractivity contribution >= 4 is 12.1 Å². The summed E-state index contributed by atoms with van der Waals surface area (Å²) < 4.78 is 0. The molecule has 1 aromatic rings. The van der Waals surface area contributed by atoms with Crippen molar-refractivity contribution < 1.29 is 4.79 Å². The summed E-state index contributed by atoms with van der Waals surface area (Å²) in [6, 6.07) is 3.65. The molecule has 1 fully saturated rings. The van der Waals surface area contributed by atoms with Crippen LogP contribution in [0.25, 0.3) is 0 Å². The van der Waals surface area contributed by atoms with E-state index in [9.17, 15) is 4.79 Å². The predicted molar refractivity (Wildman–Crippen MR) is 52.7 cm³/mol. The van der Waals surface area contributed by atoms with Gasteiger partial charge in [0, 0.05) is 18.3 Å². The van der Waals surface area contributed by atoms with Crippen molar-refractivity contribution in [2.45, 2.75) is 12.8 Å². The maximum Gasteiger partial charge on any atom is 0.243 e. The van der Waals surface area contributed by atoms with E-state index >= 15 is 0 Å². The molecule has 72 valence electrons. The van der Waals surface area contributed by atoms with E-state index in [0.717, 1.165) is 18.4 Å². The number of hydrazone groups is 1. The van der Waals surface area contributed by atoms with Crippen molar-refractivity contribution in [1.82, 2.24) is 10.4 Å². The van der Waals surface area contributed by atoms with Gasteiger partial charge in [-0.05, 0) is 30.5 Å². The van der Waals surface area contributed by atoms with Crippen molar-refractivity contribution in [3.63, 3.8) is 0 Å². The van der Waals surface area contributed by atoms with Crippen LogP contribution in [0.4, 0.5) is 0 Å². The van der Waals surface area contributed by atoms with Crippen LogP contribution in [0, 0.1) is 5.92 Å². The molecular formula is C10H11N3O. The molecule has 4 nitrogen and oxygen atoms in total. The lowest BCUT2D eigenvalue weighted by Gasteiger charge is -1.95. The van der Waals surface area contributed by atoms with Crippen molar-refractivity contribution in [1.29, 1.82) is 0 Å². The van der Waals surface area contributed by atoms with Crippen molar-refractivity contribution in [3.05, 3.63) is 30.1 Å². The molecule has 14 heavy (non-hydrogen) atoms. The third kappa shape index (κ3) is 2.39. The number of hydrogen-bond donors (Lipinski definition) is 1. The minimum Gasteiger partial charge on any atom is -0.273 e. The topological polar surface area (TPSA) is 54.4 Å². The number of nitrogens with one attached hydrogen (secondary N) is 1. The van der Waals surface area contributed by atoms with Crippen LogP contribution in [0.3, 0.4) is 0 Å². The maximum absolute atomic E-state index is 11.2. The fourth-order valence-corrected chi connectivity index (χ4v) is 1.06. The Morgan fingerprint density at radius 2 is 2.21 bits per heavy atom. The maximum atomic E-state index is 11.2. The normalized spacial score (nSPS) is 15.7. The van der Waals surface area contributed by atoms with Gasteiger partial charge in [0.1, 0.15) is 0 Å². The first-order valence-electron chi connectivity index (χ1n) is 4.59. The molecule has 0 spiro atoms. The van der Waals surface area contributed by atoms with Crippen molar-refractivity contribution in [2.75, 3.05) is 0 Å². The third-order valence-electron chi connectivity index (χ3n) is 2.04. The summed E-state index contributed by atoms with van der Waals surface area (Å²) in [5.41, 5.74) is 3.43. The quantitative estimate of drug-likeness (QED) is 0.568. The Hall–Kier alpha value is -1.71. The molecular weight excluding hydrogens is 178 g/mol. The third-order valence-corrected chi connectivity index (χ3v) is 2.04.